The molecule has 0 aliphatic carbocycles. The lowest BCUT2D eigenvalue weighted by atomic mass is 10.1. The molecule has 0 aliphatic heterocycles. The van der Waals surface area contributed by atoms with Crippen molar-refractivity contribution in [1.29, 1.82) is 5.26 Å². The number of benzene rings is 2. The molecule has 28 heavy (non-hydrogen) atoms. The number of nitrogens with one attached hydrogen (secondary N) is 2. The van der Waals surface area contributed by atoms with E-state index in [-0.39, 0.29) is 12.2 Å². The molecule has 0 atom stereocenters. The van der Waals surface area contributed by atoms with Crippen LogP contribution in [-0.4, -0.2) is 25.6 Å². The zero-order valence-electron chi connectivity index (χ0n) is 15.3. The average Bonchev–Trinajstić information content (AvgIpc) is 2.69. The van der Waals surface area contributed by atoms with Gasteiger partial charge in [0.25, 0.3) is 5.91 Å². The van der Waals surface area contributed by atoms with E-state index in [0.717, 1.165) is 0 Å². The van der Waals surface area contributed by atoms with Gasteiger partial charge in [0.2, 0.25) is 0 Å². The van der Waals surface area contributed by atoms with Crippen LogP contribution in [0.4, 0.5) is 11.4 Å². The molecule has 0 heterocycles. The van der Waals surface area contributed by atoms with Crippen LogP contribution in [0.5, 0.6) is 5.75 Å². The molecule has 2 rings (SSSR count). The van der Waals surface area contributed by atoms with Gasteiger partial charge < -0.3 is 20.1 Å². The van der Waals surface area contributed by atoms with Crippen molar-refractivity contribution in [3.63, 3.8) is 0 Å². The Balaban J connectivity index is 2.16. The number of esters is 1. The predicted molar refractivity (Wildman–Crippen MR) is 106 cm³/mol. The SMILES string of the molecule is CCOC(=O)c1ccccc1N/C=C(/C#N)C(=O)Nc1ccc(OC)c(Cl)c1. The number of anilines is 2. The molecule has 0 saturated carbocycles. The van der Waals surface area contributed by atoms with Crippen molar-refractivity contribution in [3.05, 3.63) is 64.8 Å². The fourth-order valence-corrected chi connectivity index (χ4v) is 2.49. The summed E-state index contributed by atoms with van der Waals surface area (Å²) in [5.41, 5.74) is 0.920. The van der Waals surface area contributed by atoms with Crippen LogP contribution in [0.15, 0.2) is 54.2 Å². The average molecular weight is 400 g/mol. The standard InChI is InChI=1S/C20H18ClN3O4/c1-3-28-20(26)15-6-4-5-7-17(15)23-12-13(11-22)19(25)24-14-8-9-18(27-2)16(21)10-14/h4-10,12,23H,3H2,1-2H3,(H,24,25)/b13-12-. The molecule has 144 valence electrons. The largest absolute Gasteiger partial charge is 0.495 e. The third kappa shape index (κ3) is 5.25. The van der Waals surface area contributed by atoms with E-state index in [1.54, 1.807) is 43.3 Å². The first kappa shape index (κ1) is 20.8. The Morgan fingerprint density at radius 3 is 2.64 bits per heavy atom. The van der Waals surface area contributed by atoms with Crippen LogP contribution in [0.2, 0.25) is 5.02 Å². The van der Waals surface area contributed by atoms with E-state index in [0.29, 0.717) is 27.7 Å². The van der Waals surface area contributed by atoms with Crippen molar-refractivity contribution >= 4 is 34.9 Å². The van der Waals surface area contributed by atoms with E-state index in [4.69, 9.17) is 21.1 Å². The normalized spacial score (nSPS) is 10.6. The molecule has 1 amide bonds. The number of nitrogens with zero attached hydrogens (tertiary/aromatic N) is 1. The van der Waals surface area contributed by atoms with Crippen molar-refractivity contribution in [1.82, 2.24) is 0 Å². The van der Waals surface area contributed by atoms with Gasteiger partial charge >= 0.3 is 5.97 Å². The lowest BCUT2D eigenvalue weighted by Crippen LogP contribution is -2.15. The highest BCUT2D eigenvalue weighted by atomic mass is 35.5. The fourth-order valence-electron chi connectivity index (χ4n) is 2.24. The maximum Gasteiger partial charge on any atom is 0.340 e. The van der Waals surface area contributed by atoms with Gasteiger partial charge in [-0.3, -0.25) is 4.79 Å². The zero-order chi connectivity index (χ0) is 20.5. The second-order valence-electron chi connectivity index (χ2n) is 5.38. The molecule has 0 aliphatic rings. The molecule has 0 saturated heterocycles. The third-order valence-corrected chi connectivity index (χ3v) is 3.86. The minimum atomic E-state index is -0.634. The Morgan fingerprint density at radius 1 is 1.25 bits per heavy atom. The van der Waals surface area contributed by atoms with Gasteiger partial charge in [0.1, 0.15) is 17.4 Å². The Morgan fingerprint density at radius 2 is 2.00 bits per heavy atom. The Labute approximate surface area is 167 Å². The van der Waals surface area contributed by atoms with Gasteiger partial charge in [0.15, 0.2) is 0 Å². The fraction of sp³-hybridized carbons (Fsp3) is 0.150. The van der Waals surface area contributed by atoms with Gasteiger partial charge in [-0.15, -0.1) is 0 Å². The van der Waals surface area contributed by atoms with Gasteiger partial charge in [-0.1, -0.05) is 23.7 Å². The van der Waals surface area contributed by atoms with Gasteiger partial charge in [-0.05, 0) is 37.3 Å². The van der Waals surface area contributed by atoms with Gasteiger partial charge in [0.05, 0.1) is 30.0 Å². The zero-order valence-corrected chi connectivity index (χ0v) is 16.0. The second-order valence-corrected chi connectivity index (χ2v) is 5.79. The van der Waals surface area contributed by atoms with Crippen LogP contribution in [0.25, 0.3) is 0 Å². The number of rotatable bonds is 7. The number of methoxy groups -OCH3 is 1. The molecule has 2 aromatic carbocycles. The first-order valence-electron chi connectivity index (χ1n) is 8.28. The topological polar surface area (TPSA) is 100 Å². The quantitative estimate of drug-likeness (QED) is 0.415. The minimum absolute atomic E-state index is 0.189. The van der Waals surface area contributed by atoms with Crippen LogP contribution in [0.3, 0.4) is 0 Å². The van der Waals surface area contributed by atoms with Crippen LogP contribution in [0.1, 0.15) is 17.3 Å². The van der Waals surface area contributed by atoms with Crippen molar-refractivity contribution in [3.8, 4) is 11.8 Å². The van der Waals surface area contributed by atoms with Gasteiger partial charge in [-0.2, -0.15) is 5.26 Å². The van der Waals surface area contributed by atoms with Crippen LogP contribution in [0, 0.1) is 11.3 Å². The Kier molecular flexibility index (Phi) is 7.43. The molecule has 0 unspecified atom stereocenters. The molecular weight excluding hydrogens is 382 g/mol. The monoisotopic (exact) mass is 399 g/mol. The lowest BCUT2D eigenvalue weighted by Gasteiger charge is -2.10. The second kappa shape index (κ2) is 10.00. The van der Waals surface area contributed by atoms with Gasteiger partial charge in [0, 0.05) is 11.9 Å². The van der Waals surface area contributed by atoms with E-state index < -0.39 is 11.9 Å². The van der Waals surface area contributed by atoms with Crippen LogP contribution in [-0.2, 0) is 9.53 Å². The molecule has 8 heteroatoms. The molecule has 0 bridgehead atoms. The molecule has 0 radical (unpaired) electrons. The predicted octanol–water partition coefficient (Wildman–Crippen LogP) is 3.98. The summed E-state index contributed by atoms with van der Waals surface area (Å²) in [7, 11) is 1.48. The Bertz CT molecular complexity index is 951. The number of nitriles is 1. The summed E-state index contributed by atoms with van der Waals surface area (Å²) in [5.74, 6) is -0.673. The van der Waals surface area contributed by atoms with Crippen LogP contribution < -0.4 is 15.4 Å². The number of para-hydroxylation sites is 1. The summed E-state index contributed by atoms with van der Waals surface area (Å²) in [6.07, 6.45) is 1.22. The number of amides is 1. The number of carbonyl (C=O) groups is 2. The summed E-state index contributed by atoms with van der Waals surface area (Å²) in [4.78, 5) is 24.3. The van der Waals surface area contributed by atoms with Crippen molar-refractivity contribution in [2.24, 2.45) is 0 Å². The number of ether oxygens (including phenoxy) is 2. The lowest BCUT2D eigenvalue weighted by molar-refractivity contribution is -0.112. The molecule has 0 aromatic heterocycles. The van der Waals surface area contributed by atoms with Crippen molar-refractivity contribution in [2.75, 3.05) is 24.4 Å². The van der Waals surface area contributed by atoms with E-state index in [2.05, 4.69) is 10.6 Å². The van der Waals surface area contributed by atoms with E-state index in [9.17, 15) is 14.9 Å². The Hall–Kier alpha value is -3.50. The van der Waals surface area contributed by atoms with Crippen molar-refractivity contribution in [2.45, 2.75) is 6.92 Å². The summed E-state index contributed by atoms with van der Waals surface area (Å²) in [5, 5.41) is 15.0. The molecule has 7 nitrogen and oxygen atoms in total. The third-order valence-electron chi connectivity index (χ3n) is 3.57. The van der Waals surface area contributed by atoms with Crippen LogP contribution >= 0.6 is 11.6 Å². The summed E-state index contributed by atoms with van der Waals surface area (Å²) >= 11 is 6.03. The van der Waals surface area contributed by atoms with E-state index in [1.165, 1.54) is 19.4 Å². The summed E-state index contributed by atoms with van der Waals surface area (Å²) in [6, 6.07) is 13.1. The maximum absolute atomic E-state index is 12.3. The first-order chi connectivity index (χ1) is 13.5. The highest BCUT2D eigenvalue weighted by molar-refractivity contribution is 6.32. The summed E-state index contributed by atoms with van der Waals surface area (Å²) < 4.78 is 10.0. The molecule has 2 N–H and O–H groups in total. The highest BCUT2D eigenvalue weighted by Crippen LogP contribution is 2.27. The highest BCUT2D eigenvalue weighted by Gasteiger charge is 2.13. The number of hydrogen-bond donors (Lipinski definition) is 2. The first-order valence-corrected chi connectivity index (χ1v) is 8.65. The molecule has 2 aromatic rings. The minimum Gasteiger partial charge on any atom is -0.495 e. The number of halogens is 1. The van der Waals surface area contributed by atoms with Gasteiger partial charge in [-0.25, -0.2) is 4.79 Å². The van der Waals surface area contributed by atoms with E-state index in [1.807, 2.05) is 6.07 Å². The maximum atomic E-state index is 12.3. The molecular formula is C20H18ClN3O4. The number of hydrogen-bond acceptors (Lipinski definition) is 6. The van der Waals surface area contributed by atoms with Crippen molar-refractivity contribution < 1.29 is 19.1 Å². The smallest absolute Gasteiger partial charge is 0.340 e. The molecule has 0 spiro atoms. The summed E-state index contributed by atoms with van der Waals surface area (Å²) in [6.45, 7) is 1.94. The molecule has 0 fully saturated rings. The number of carbonyl (C=O) groups excluding carboxylic acids is 2. The van der Waals surface area contributed by atoms with E-state index >= 15 is 0 Å².